The predicted octanol–water partition coefficient (Wildman–Crippen LogP) is 2.97. The summed E-state index contributed by atoms with van der Waals surface area (Å²) in [6.45, 7) is 0.550. The lowest BCUT2D eigenvalue weighted by Gasteiger charge is -2.17. The van der Waals surface area contributed by atoms with Gasteiger partial charge in [0.05, 0.1) is 25.0 Å². The number of alkyl halides is 3. The minimum atomic E-state index is -4.44. The predicted molar refractivity (Wildman–Crippen MR) is 103 cm³/mol. The number of aliphatic hydroxyl groups excluding tert-OH is 1. The summed E-state index contributed by atoms with van der Waals surface area (Å²) < 4.78 is 46.7. The molecule has 0 saturated heterocycles. The molecule has 1 aliphatic heterocycles. The molecule has 1 atom stereocenters. The largest absolute Gasteiger partial charge is 0.482 e. The van der Waals surface area contributed by atoms with Crippen molar-refractivity contribution in [3.63, 3.8) is 0 Å². The highest BCUT2D eigenvalue weighted by atomic mass is 19.4. The molecule has 0 saturated carbocycles. The molecule has 1 amide bonds. The summed E-state index contributed by atoms with van der Waals surface area (Å²) in [6, 6.07) is 3.16. The van der Waals surface area contributed by atoms with Crippen LogP contribution in [0, 0.1) is 6.92 Å². The van der Waals surface area contributed by atoms with E-state index in [4.69, 9.17) is 9.15 Å². The number of rotatable bonds is 7. The number of nitrogens with zero attached hydrogens (tertiary/aromatic N) is 4. The summed E-state index contributed by atoms with van der Waals surface area (Å²) in [5.74, 6) is 0.103. The van der Waals surface area contributed by atoms with Crippen molar-refractivity contribution in [1.82, 2.24) is 19.9 Å². The Morgan fingerprint density at radius 3 is 2.84 bits per heavy atom. The van der Waals surface area contributed by atoms with Crippen molar-refractivity contribution in [2.45, 2.75) is 32.4 Å². The zero-order valence-corrected chi connectivity index (χ0v) is 16.8. The van der Waals surface area contributed by atoms with Gasteiger partial charge in [-0.05, 0) is 24.6 Å². The van der Waals surface area contributed by atoms with E-state index in [1.807, 2.05) is 0 Å². The number of hydrogen-bond acceptors (Lipinski definition) is 8. The number of oxazole rings is 1. The summed E-state index contributed by atoms with van der Waals surface area (Å²) in [4.78, 5) is 26.6. The van der Waals surface area contributed by atoms with Crippen LogP contribution in [0.4, 0.5) is 19.0 Å². The molecule has 0 aliphatic carbocycles. The van der Waals surface area contributed by atoms with E-state index >= 15 is 0 Å². The summed E-state index contributed by atoms with van der Waals surface area (Å²) >= 11 is 0. The van der Waals surface area contributed by atoms with Gasteiger partial charge in [0, 0.05) is 17.3 Å². The van der Waals surface area contributed by atoms with Crippen LogP contribution < -0.4 is 10.1 Å². The highest BCUT2D eigenvalue weighted by Crippen LogP contribution is 2.31. The molecular weight excluding hydrogens is 431 g/mol. The number of pyridine rings is 2. The molecule has 0 bridgehead atoms. The first-order valence-electron chi connectivity index (χ1n) is 9.46. The van der Waals surface area contributed by atoms with Gasteiger partial charge in [0.15, 0.2) is 19.2 Å². The maximum Gasteiger partial charge on any atom is 0.422 e. The van der Waals surface area contributed by atoms with E-state index in [1.165, 1.54) is 30.0 Å². The Kier molecular flexibility index (Phi) is 5.70. The molecule has 0 aromatic carbocycles. The molecule has 2 N–H and O–H groups in total. The Morgan fingerprint density at radius 1 is 1.34 bits per heavy atom. The van der Waals surface area contributed by atoms with Crippen LogP contribution in [0.1, 0.15) is 39.1 Å². The van der Waals surface area contributed by atoms with Gasteiger partial charge in [-0.2, -0.15) is 13.2 Å². The first-order valence-corrected chi connectivity index (χ1v) is 9.46. The monoisotopic (exact) mass is 449 g/mol. The SMILES string of the molecule is Cc1cc(CN2Cc3c(ccnc3NC(O)c3cocn3)C2=O)ncc1OCC(F)(F)F. The fourth-order valence-electron chi connectivity index (χ4n) is 3.29. The van der Waals surface area contributed by atoms with Gasteiger partial charge in [-0.3, -0.25) is 9.78 Å². The molecule has 3 aromatic rings. The molecule has 0 spiro atoms. The number of nitrogens with one attached hydrogen (secondary N) is 1. The van der Waals surface area contributed by atoms with Crippen LogP contribution in [0.15, 0.2) is 41.6 Å². The molecule has 32 heavy (non-hydrogen) atoms. The van der Waals surface area contributed by atoms with Crippen molar-refractivity contribution < 1.29 is 32.2 Å². The van der Waals surface area contributed by atoms with Crippen LogP contribution in [0.25, 0.3) is 0 Å². The molecule has 1 unspecified atom stereocenters. The van der Waals surface area contributed by atoms with Crippen LogP contribution in [0.2, 0.25) is 0 Å². The molecule has 0 radical (unpaired) electrons. The summed E-state index contributed by atoms with van der Waals surface area (Å²) in [5, 5.41) is 13.1. The van der Waals surface area contributed by atoms with Crippen LogP contribution in [-0.4, -0.2) is 43.6 Å². The van der Waals surface area contributed by atoms with Gasteiger partial charge in [-0.15, -0.1) is 0 Å². The number of aromatic nitrogens is 3. The minimum Gasteiger partial charge on any atom is -0.482 e. The third-order valence-corrected chi connectivity index (χ3v) is 4.79. The quantitative estimate of drug-likeness (QED) is 0.530. The third kappa shape index (κ3) is 4.64. The number of fused-ring (bicyclic) bond motifs is 1. The molecule has 1 aliphatic rings. The van der Waals surface area contributed by atoms with E-state index in [9.17, 15) is 23.1 Å². The molecule has 9 nitrogen and oxygen atoms in total. The lowest BCUT2D eigenvalue weighted by Crippen LogP contribution is -2.24. The van der Waals surface area contributed by atoms with Gasteiger partial charge in [0.1, 0.15) is 23.5 Å². The van der Waals surface area contributed by atoms with Crippen LogP contribution in [0.3, 0.4) is 0 Å². The van der Waals surface area contributed by atoms with Crippen molar-refractivity contribution in [1.29, 1.82) is 0 Å². The Hall–Kier alpha value is -3.67. The number of amides is 1. The molecular formula is C20H18F3N5O4. The lowest BCUT2D eigenvalue weighted by molar-refractivity contribution is -0.153. The zero-order valence-electron chi connectivity index (χ0n) is 16.8. The van der Waals surface area contributed by atoms with Crippen molar-refractivity contribution in [2.24, 2.45) is 0 Å². The number of aryl methyl sites for hydroxylation is 1. The average Bonchev–Trinajstić information content (AvgIpc) is 3.37. The number of anilines is 1. The molecule has 4 rings (SSSR count). The van der Waals surface area contributed by atoms with Gasteiger partial charge in [-0.25, -0.2) is 9.97 Å². The van der Waals surface area contributed by atoms with Gasteiger partial charge in [0.25, 0.3) is 5.91 Å². The lowest BCUT2D eigenvalue weighted by atomic mass is 10.1. The number of halogens is 3. The smallest absolute Gasteiger partial charge is 0.422 e. The molecule has 168 valence electrons. The first kappa shape index (κ1) is 21.6. The summed E-state index contributed by atoms with van der Waals surface area (Å²) in [5.41, 5.74) is 2.26. The zero-order chi connectivity index (χ0) is 22.9. The number of aliphatic hydroxyl groups is 1. The summed E-state index contributed by atoms with van der Waals surface area (Å²) in [6.07, 6.45) is -0.484. The maximum absolute atomic E-state index is 12.8. The van der Waals surface area contributed by atoms with Crippen LogP contribution >= 0.6 is 0 Å². The standard InChI is InChI=1S/C20H18F3N5O4/c1-11-4-12(25-5-16(11)32-9-20(21,22)23)6-28-7-14-13(19(28)30)2-3-24-17(14)27-18(29)15-8-31-10-26-15/h2-5,8,10,18,29H,6-7,9H2,1H3,(H,24,27). The summed E-state index contributed by atoms with van der Waals surface area (Å²) in [7, 11) is 0. The first-order chi connectivity index (χ1) is 15.2. The molecule has 12 heteroatoms. The molecule has 0 fully saturated rings. The highest BCUT2D eigenvalue weighted by Gasteiger charge is 2.31. The van der Waals surface area contributed by atoms with Crippen molar-refractivity contribution in [3.05, 3.63) is 65.3 Å². The minimum absolute atomic E-state index is 0.0274. The second kappa shape index (κ2) is 8.46. The maximum atomic E-state index is 12.8. The normalized spacial score (nSPS) is 14.4. The van der Waals surface area contributed by atoms with Gasteiger partial charge in [-0.1, -0.05) is 0 Å². The van der Waals surface area contributed by atoms with Crippen LogP contribution in [0.5, 0.6) is 5.75 Å². The van der Waals surface area contributed by atoms with Crippen LogP contribution in [-0.2, 0) is 13.1 Å². The second-order valence-corrected chi connectivity index (χ2v) is 7.15. The number of hydrogen-bond donors (Lipinski definition) is 2. The van der Waals surface area contributed by atoms with E-state index in [0.29, 0.717) is 28.2 Å². The fraction of sp³-hybridized carbons (Fsp3) is 0.300. The third-order valence-electron chi connectivity index (χ3n) is 4.79. The fourth-order valence-corrected chi connectivity index (χ4v) is 3.29. The van der Waals surface area contributed by atoms with Gasteiger partial charge in [0.2, 0.25) is 0 Å². The topological polar surface area (TPSA) is 114 Å². The van der Waals surface area contributed by atoms with Crippen molar-refractivity contribution >= 4 is 11.7 Å². The Labute approximate surface area is 179 Å². The van der Waals surface area contributed by atoms with E-state index < -0.39 is 19.0 Å². The van der Waals surface area contributed by atoms with E-state index in [-0.39, 0.29) is 30.4 Å². The Bertz CT molecular complexity index is 1120. The Balaban J connectivity index is 1.46. The van der Waals surface area contributed by atoms with Crippen molar-refractivity contribution in [2.75, 3.05) is 11.9 Å². The molecule has 4 heterocycles. The molecule has 3 aromatic heterocycles. The van der Waals surface area contributed by atoms with E-state index in [2.05, 4.69) is 20.3 Å². The van der Waals surface area contributed by atoms with Gasteiger partial charge >= 0.3 is 6.18 Å². The number of carbonyl (C=O) groups excluding carboxylic acids is 1. The highest BCUT2D eigenvalue weighted by molar-refractivity contribution is 5.99. The van der Waals surface area contributed by atoms with Gasteiger partial charge < -0.3 is 24.5 Å². The van der Waals surface area contributed by atoms with Crippen molar-refractivity contribution in [3.8, 4) is 5.75 Å². The van der Waals surface area contributed by atoms with E-state index in [1.54, 1.807) is 19.1 Å². The number of ether oxygens (including phenoxy) is 1. The number of carbonyl (C=O) groups is 1. The van der Waals surface area contributed by atoms with E-state index in [0.717, 1.165) is 0 Å². The second-order valence-electron chi connectivity index (χ2n) is 7.15. The average molecular weight is 449 g/mol. The Morgan fingerprint density at radius 2 is 2.16 bits per heavy atom.